The number of aromatic nitrogens is 1. The summed E-state index contributed by atoms with van der Waals surface area (Å²) < 4.78 is 5.20. The van der Waals surface area contributed by atoms with Gasteiger partial charge >= 0.3 is 5.97 Å². The third kappa shape index (κ3) is 2.76. The Morgan fingerprint density at radius 2 is 2.05 bits per heavy atom. The van der Waals surface area contributed by atoms with E-state index in [2.05, 4.69) is 10.1 Å². The summed E-state index contributed by atoms with van der Waals surface area (Å²) in [5.74, 6) is -0.260. The molecule has 1 fully saturated rings. The summed E-state index contributed by atoms with van der Waals surface area (Å²) in [7, 11) is 0. The molecule has 0 aliphatic carbocycles. The van der Waals surface area contributed by atoms with Crippen LogP contribution in [0.5, 0.6) is 0 Å². The van der Waals surface area contributed by atoms with Gasteiger partial charge in [-0.3, -0.25) is 9.69 Å². The summed E-state index contributed by atoms with van der Waals surface area (Å²) in [4.78, 5) is 13.8. The van der Waals surface area contributed by atoms with Gasteiger partial charge in [0, 0.05) is 31.1 Å². The minimum Gasteiger partial charge on any atom is -0.481 e. The summed E-state index contributed by atoms with van der Waals surface area (Å²) in [5, 5.41) is 13.5. The number of hydrogen-bond acceptors (Lipinski definition) is 4. The van der Waals surface area contributed by atoms with Crippen LogP contribution in [0.15, 0.2) is 34.9 Å². The smallest absolute Gasteiger partial charge is 0.308 e. The molecule has 1 saturated heterocycles. The highest BCUT2D eigenvalue weighted by Crippen LogP contribution is 2.34. The molecule has 0 amide bonds. The van der Waals surface area contributed by atoms with Gasteiger partial charge in [0.05, 0.1) is 11.6 Å². The predicted molar refractivity (Wildman–Crippen MR) is 81.6 cm³/mol. The minimum atomic E-state index is -0.727. The van der Waals surface area contributed by atoms with Gasteiger partial charge in [-0.25, -0.2) is 0 Å². The summed E-state index contributed by atoms with van der Waals surface area (Å²) in [5.41, 5.74) is 3.04. The van der Waals surface area contributed by atoms with Gasteiger partial charge in [0.25, 0.3) is 0 Å². The molecule has 2 aromatic rings. The monoisotopic (exact) mass is 300 g/mol. The van der Waals surface area contributed by atoms with Crippen LogP contribution < -0.4 is 0 Å². The first-order chi connectivity index (χ1) is 10.6. The van der Waals surface area contributed by atoms with Crippen molar-refractivity contribution < 1.29 is 14.4 Å². The lowest BCUT2D eigenvalue weighted by molar-refractivity contribution is -0.141. The molecule has 3 rings (SSSR count). The number of carbonyl (C=O) groups is 1. The van der Waals surface area contributed by atoms with E-state index in [4.69, 9.17) is 4.52 Å². The number of hydrogen-bond donors (Lipinski definition) is 1. The number of likely N-dealkylation sites (tertiary alicyclic amines) is 1. The van der Waals surface area contributed by atoms with E-state index in [9.17, 15) is 9.90 Å². The van der Waals surface area contributed by atoms with Crippen molar-refractivity contribution in [2.75, 3.05) is 13.1 Å². The Morgan fingerprint density at radius 1 is 1.32 bits per heavy atom. The number of rotatable bonds is 4. The van der Waals surface area contributed by atoms with E-state index in [1.54, 1.807) is 0 Å². The summed E-state index contributed by atoms with van der Waals surface area (Å²) in [6.45, 7) is 5.80. The van der Waals surface area contributed by atoms with Crippen molar-refractivity contribution in [2.45, 2.75) is 26.3 Å². The molecule has 22 heavy (non-hydrogen) atoms. The minimum absolute atomic E-state index is 0.0270. The summed E-state index contributed by atoms with van der Waals surface area (Å²) >= 11 is 0. The SMILES string of the molecule is Cc1noc(C)c1CN1C[C@H](C(=O)O)[C@@H](c2ccccc2)C1. The van der Waals surface area contributed by atoms with E-state index in [0.717, 1.165) is 29.1 Å². The topological polar surface area (TPSA) is 66.6 Å². The largest absolute Gasteiger partial charge is 0.481 e. The molecular formula is C17H20N2O3. The van der Waals surface area contributed by atoms with E-state index >= 15 is 0 Å². The van der Waals surface area contributed by atoms with Crippen LogP contribution in [0.2, 0.25) is 0 Å². The van der Waals surface area contributed by atoms with Crippen molar-refractivity contribution >= 4 is 5.97 Å². The lowest BCUT2D eigenvalue weighted by atomic mass is 9.89. The standard InChI is InChI=1S/C17H20N2O3/c1-11-14(12(2)22-18-11)8-19-9-15(16(10-19)17(20)21)13-6-4-3-5-7-13/h3-7,15-16H,8-10H2,1-2H3,(H,20,21)/t15-,16+/m1/s1. The maximum absolute atomic E-state index is 11.6. The molecule has 5 heteroatoms. The van der Waals surface area contributed by atoms with Gasteiger partial charge in [-0.15, -0.1) is 0 Å². The molecule has 1 aliphatic heterocycles. The zero-order chi connectivity index (χ0) is 15.7. The Hall–Kier alpha value is -2.14. The number of nitrogens with zero attached hydrogens (tertiary/aromatic N) is 2. The van der Waals surface area contributed by atoms with Gasteiger partial charge < -0.3 is 9.63 Å². The molecule has 0 spiro atoms. The van der Waals surface area contributed by atoms with Gasteiger partial charge in [0.2, 0.25) is 0 Å². The molecule has 1 aliphatic rings. The lowest BCUT2D eigenvalue weighted by Crippen LogP contribution is -2.23. The van der Waals surface area contributed by atoms with Crippen molar-refractivity contribution in [1.82, 2.24) is 10.1 Å². The molecule has 0 unspecified atom stereocenters. The Morgan fingerprint density at radius 3 is 2.64 bits per heavy atom. The maximum Gasteiger partial charge on any atom is 0.308 e. The van der Waals surface area contributed by atoms with Crippen LogP contribution in [0, 0.1) is 19.8 Å². The van der Waals surface area contributed by atoms with E-state index < -0.39 is 5.97 Å². The molecule has 5 nitrogen and oxygen atoms in total. The highest BCUT2D eigenvalue weighted by Gasteiger charge is 2.38. The number of carboxylic acid groups (broad SMARTS) is 1. The van der Waals surface area contributed by atoms with Crippen LogP contribution >= 0.6 is 0 Å². The third-order valence-electron chi connectivity index (χ3n) is 4.50. The molecule has 1 aromatic carbocycles. The molecule has 0 radical (unpaired) electrons. The molecule has 116 valence electrons. The normalized spacial score (nSPS) is 22.1. The number of carboxylic acids is 1. The van der Waals surface area contributed by atoms with Gasteiger partial charge in [-0.1, -0.05) is 35.5 Å². The predicted octanol–water partition coefficient (Wildman–Crippen LogP) is 2.59. The highest BCUT2D eigenvalue weighted by atomic mass is 16.5. The second-order valence-electron chi connectivity index (χ2n) is 5.96. The number of benzene rings is 1. The fraction of sp³-hybridized carbons (Fsp3) is 0.412. The van der Waals surface area contributed by atoms with E-state index in [1.165, 1.54) is 0 Å². The molecule has 2 atom stereocenters. The van der Waals surface area contributed by atoms with Gasteiger partial charge in [0.15, 0.2) is 0 Å². The fourth-order valence-electron chi connectivity index (χ4n) is 3.25. The molecule has 2 heterocycles. The van der Waals surface area contributed by atoms with Crippen molar-refractivity contribution in [3.8, 4) is 0 Å². The molecule has 1 N–H and O–H groups in total. The van der Waals surface area contributed by atoms with Crippen molar-refractivity contribution in [3.63, 3.8) is 0 Å². The summed E-state index contributed by atoms with van der Waals surface area (Å²) in [6.07, 6.45) is 0. The van der Waals surface area contributed by atoms with Crippen LogP contribution in [0.3, 0.4) is 0 Å². The second-order valence-corrected chi connectivity index (χ2v) is 5.96. The highest BCUT2D eigenvalue weighted by molar-refractivity contribution is 5.72. The molecule has 0 saturated carbocycles. The average Bonchev–Trinajstić information content (AvgIpc) is 3.07. The van der Waals surface area contributed by atoms with Crippen molar-refractivity contribution in [1.29, 1.82) is 0 Å². The molecular weight excluding hydrogens is 280 g/mol. The maximum atomic E-state index is 11.6. The Balaban J connectivity index is 1.80. The Labute approximate surface area is 129 Å². The van der Waals surface area contributed by atoms with Gasteiger partial charge in [-0.2, -0.15) is 0 Å². The zero-order valence-electron chi connectivity index (χ0n) is 12.8. The Kier molecular flexibility index (Phi) is 3.98. The number of aliphatic carboxylic acids is 1. The zero-order valence-corrected chi connectivity index (χ0v) is 12.8. The van der Waals surface area contributed by atoms with Crippen LogP contribution in [-0.2, 0) is 11.3 Å². The van der Waals surface area contributed by atoms with E-state index in [0.29, 0.717) is 13.1 Å². The average molecular weight is 300 g/mol. The number of aryl methyl sites for hydroxylation is 2. The summed E-state index contributed by atoms with van der Waals surface area (Å²) in [6, 6.07) is 9.91. The van der Waals surface area contributed by atoms with Gasteiger partial charge in [-0.05, 0) is 19.4 Å². The Bertz CT molecular complexity index is 646. The van der Waals surface area contributed by atoms with Crippen LogP contribution in [0.1, 0.15) is 28.5 Å². The van der Waals surface area contributed by atoms with Gasteiger partial charge in [0.1, 0.15) is 5.76 Å². The van der Waals surface area contributed by atoms with Crippen LogP contribution in [-0.4, -0.2) is 34.2 Å². The second kappa shape index (κ2) is 5.93. The van der Waals surface area contributed by atoms with Crippen molar-refractivity contribution in [2.24, 2.45) is 5.92 Å². The van der Waals surface area contributed by atoms with E-state index in [1.807, 2.05) is 44.2 Å². The van der Waals surface area contributed by atoms with Crippen LogP contribution in [0.25, 0.3) is 0 Å². The third-order valence-corrected chi connectivity index (χ3v) is 4.50. The van der Waals surface area contributed by atoms with Crippen LogP contribution in [0.4, 0.5) is 0 Å². The van der Waals surface area contributed by atoms with E-state index in [-0.39, 0.29) is 11.8 Å². The lowest BCUT2D eigenvalue weighted by Gasteiger charge is -2.16. The molecule has 0 bridgehead atoms. The first kappa shape index (κ1) is 14.8. The van der Waals surface area contributed by atoms with Crippen molar-refractivity contribution in [3.05, 3.63) is 52.9 Å². The first-order valence-electron chi connectivity index (χ1n) is 7.48. The molecule has 1 aromatic heterocycles. The fourth-order valence-corrected chi connectivity index (χ4v) is 3.25. The first-order valence-corrected chi connectivity index (χ1v) is 7.48. The quantitative estimate of drug-likeness (QED) is 0.940.